The highest BCUT2D eigenvalue weighted by molar-refractivity contribution is 7.90. The molecule has 0 heterocycles. The number of hydrogen-bond donors (Lipinski definition) is 1. The Morgan fingerprint density at radius 2 is 1.88 bits per heavy atom. The van der Waals surface area contributed by atoms with Crippen LogP contribution in [0, 0.1) is 5.92 Å². The molecular weight excluding hydrogens is 260 g/mol. The molecule has 3 nitrogen and oxygen atoms in total. The second-order valence-electron chi connectivity index (χ2n) is 4.78. The van der Waals surface area contributed by atoms with Gasteiger partial charge in [0.1, 0.15) is 5.60 Å². The Morgan fingerprint density at radius 1 is 1.35 bits per heavy atom. The summed E-state index contributed by atoms with van der Waals surface area (Å²) in [4.78, 5) is 0. The van der Waals surface area contributed by atoms with Crippen molar-refractivity contribution in [3.05, 3.63) is 34.9 Å². The second-order valence-corrected chi connectivity index (χ2v) is 7.35. The van der Waals surface area contributed by atoms with E-state index in [1.54, 1.807) is 24.3 Å². The lowest BCUT2D eigenvalue weighted by Crippen LogP contribution is -2.36. The first-order chi connectivity index (χ1) is 7.81. The fraction of sp³-hybridized carbons (Fsp3) is 0.500. The summed E-state index contributed by atoms with van der Waals surface area (Å²) >= 11 is 5.79. The number of sulfone groups is 1. The van der Waals surface area contributed by atoms with Gasteiger partial charge in [0.25, 0.3) is 0 Å². The highest BCUT2D eigenvalue weighted by Gasteiger charge is 2.47. The van der Waals surface area contributed by atoms with Gasteiger partial charge in [-0.1, -0.05) is 23.7 Å². The van der Waals surface area contributed by atoms with E-state index in [0.29, 0.717) is 10.6 Å². The predicted molar refractivity (Wildman–Crippen MR) is 67.8 cm³/mol. The van der Waals surface area contributed by atoms with Gasteiger partial charge in [0, 0.05) is 11.3 Å². The molecule has 0 spiro atoms. The van der Waals surface area contributed by atoms with Gasteiger partial charge in [0.05, 0.1) is 5.75 Å². The van der Waals surface area contributed by atoms with Crippen LogP contribution in [0.5, 0.6) is 0 Å². The van der Waals surface area contributed by atoms with Gasteiger partial charge in [-0.2, -0.15) is 0 Å². The lowest BCUT2D eigenvalue weighted by molar-refractivity contribution is 0.0367. The number of halogens is 1. The van der Waals surface area contributed by atoms with E-state index < -0.39 is 15.4 Å². The standard InChI is InChI=1S/C12H15ClO3S/c1-17(15,16)8-12(14,9-2-3-9)10-4-6-11(13)7-5-10/h4-7,9,14H,2-3,8H2,1H3. The Balaban J connectivity index is 2.37. The van der Waals surface area contributed by atoms with Crippen LogP contribution in [-0.4, -0.2) is 25.5 Å². The van der Waals surface area contributed by atoms with Crippen LogP contribution in [0.3, 0.4) is 0 Å². The molecule has 94 valence electrons. The molecule has 0 saturated heterocycles. The molecule has 0 aliphatic heterocycles. The molecule has 1 unspecified atom stereocenters. The van der Waals surface area contributed by atoms with E-state index in [1.165, 1.54) is 0 Å². The first kappa shape index (κ1) is 12.9. The molecule has 1 N–H and O–H groups in total. The van der Waals surface area contributed by atoms with Crippen LogP contribution in [0.4, 0.5) is 0 Å². The van der Waals surface area contributed by atoms with Crippen molar-refractivity contribution in [2.75, 3.05) is 12.0 Å². The molecule has 1 aromatic rings. The number of aliphatic hydroxyl groups is 1. The molecule has 0 aromatic heterocycles. The predicted octanol–water partition coefficient (Wildman–Crippen LogP) is 1.98. The third kappa shape index (κ3) is 3.00. The van der Waals surface area contributed by atoms with Gasteiger partial charge < -0.3 is 5.11 Å². The zero-order chi connectivity index (χ0) is 12.7. The average Bonchev–Trinajstić information content (AvgIpc) is 2.98. The summed E-state index contributed by atoms with van der Waals surface area (Å²) in [5, 5.41) is 11.2. The van der Waals surface area contributed by atoms with Crippen LogP contribution in [-0.2, 0) is 15.4 Å². The minimum absolute atomic E-state index is 0.0402. The van der Waals surface area contributed by atoms with Crippen molar-refractivity contribution >= 4 is 21.4 Å². The zero-order valence-corrected chi connectivity index (χ0v) is 11.1. The quantitative estimate of drug-likeness (QED) is 0.913. The third-order valence-corrected chi connectivity index (χ3v) is 4.30. The summed E-state index contributed by atoms with van der Waals surface area (Å²) in [5.74, 6) is -0.190. The highest BCUT2D eigenvalue weighted by atomic mass is 35.5. The number of rotatable bonds is 4. The fourth-order valence-electron chi connectivity index (χ4n) is 2.14. The lowest BCUT2D eigenvalue weighted by Gasteiger charge is -2.28. The SMILES string of the molecule is CS(=O)(=O)CC(O)(c1ccc(Cl)cc1)C1CC1. The topological polar surface area (TPSA) is 54.4 Å². The molecule has 1 saturated carbocycles. The number of hydrogen-bond acceptors (Lipinski definition) is 3. The third-order valence-electron chi connectivity index (χ3n) is 3.08. The lowest BCUT2D eigenvalue weighted by atomic mass is 9.91. The normalized spacial score (nSPS) is 19.9. The van der Waals surface area contributed by atoms with E-state index in [4.69, 9.17) is 11.6 Å². The Labute approximate surface area is 106 Å². The van der Waals surface area contributed by atoms with Gasteiger partial charge in [-0.25, -0.2) is 8.42 Å². The van der Waals surface area contributed by atoms with Crippen molar-refractivity contribution in [2.24, 2.45) is 5.92 Å². The average molecular weight is 275 g/mol. The summed E-state index contributed by atoms with van der Waals surface area (Å²) in [7, 11) is -3.23. The van der Waals surface area contributed by atoms with Crippen molar-refractivity contribution < 1.29 is 13.5 Å². The second kappa shape index (κ2) is 4.26. The monoisotopic (exact) mass is 274 g/mol. The van der Waals surface area contributed by atoms with Crippen LogP contribution >= 0.6 is 11.6 Å². The summed E-state index contributed by atoms with van der Waals surface area (Å²) in [6.45, 7) is 0. The Hall–Kier alpha value is -0.580. The zero-order valence-electron chi connectivity index (χ0n) is 9.56. The van der Waals surface area contributed by atoms with Crippen molar-refractivity contribution in [1.29, 1.82) is 0 Å². The van der Waals surface area contributed by atoms with Crippen molar-refractivity contribution in [1.82, 2.24) is 0 Å². The van der Waals surface area contributed by atoms with E-state index >= 15 is 0 Å². The van der Waals surface area contributed by atoms with Gasteiger partial charge in [-0.15, -0.1) is 0 Å². The minimum Gasteiger partial charge on any atom is -0.384 e. The van der Waals surface area contributed by atoms with E-state index in [2.05, 4.69) is 0 Å². The molecule has 2 rings (SSSR count). The maximum Gasteiger partial charge on any atom is 0.150 e. The van der Waals surface area contributed by atoms with Gasteiger partial charge >= 0.3 is 0 Å². The first-order valence-corrected chi connectivity index (χ1v) is 7.91. The van der Waals surface area contributed by atoms with E-state index in [1.807, 2.05) is 0 Å². The van der Waals surface area contributed by atoms with E-state index in [-0.39, 0.29) is 11.7 Å². The molecule has 17 heavy (non-hydrogen) atoms. The number of benzene rings is 1. The van der Waals surface area contributed by atoms with E-state index in [9.17, 15) is 13.5 Å². The molecule has 1 fully saturated rings. The van der Waals surface area contributed by atoms with Crippen LogP contribution in [0.1, 0.15) is 18.4 Å². The molecular formula is C12H15ClO3S. The van der Waals surface area contributed by atoms with Crippen molar-refractivity contribution in [3.8, 4) is 0 Å². The summed E-state index contributed by atoms with van der Waals surface area (Å²) in [6, 6.07) is 6.75. The molecule has 1 aliphatic rings. The molecule has 0 radical (unpaired) electrons. The maximum atomic E-state index is 11.4. The van der Waals surface area contributed by atoms with Crippen molar-refractivity contribution in [3.63, 3.8) is 0 Å². The molecule has 5 heteroatoms. The maximum absolute atomic E-state index is 11.4. The smallest absolute Gasteiger partial charge is 0.150 e. The Bertz CT molecular complexity index is 505. The van der Waals surface area contributed by atoms with Crippen molar-refractivity contribution in [2.45, 2.75) is 18.4 Å². The van der Waals surface area contributed by atoms with E-state index in [0.717, 1.165) is 19.1 Å². The van der Waals surface area contributed by atoms with Crippen LogP contribution in [0.2, 0.25) is 5.02 Å². The molecule has 1 atom stereocenters. The van der Waals surface area contributed by atoms with Crippen LogP contribution in [0.25, 0.3) is 0 Å². The fourth-order valence-corrected chi connectivity index (χ4v) is 3.46. The molecule has 1 aliphatic carbocycles. The minimum atomic E-state index is -3.23. The molecule has 1 aromatic carbocycles. The van der Waals surface area contributed by atoms with Gasteiger partial charge in [0.2, 0.25) is 0 Å². The van der Waals surface area contributed by atoms with Gasteiger partial charge in [-0.05, 0) is 36.5 Å². The first-order valence-electron chi connectivity index (χ1n) is 5.47. The van der Waals surface area contributed by atoms with Crippen LogP contribution < -0.4 is 0 Å². The summed E-state index contributed by atoms with van der Waals surface area (Å²) in [5.41, 5.74) is -0.632. The van der Waals surface area contributed by atoms with Gasteiger partial charge in [-0.3, -0.25) is 0 Å². The highest BCUT2D eigenvalue weighted by Crippen LogP contribution is 2.46. The van der Waals surface area contributed by atoms with Gasteiger partial charge in [0.15, 0.2) is 9.84 Å². The molecule has 0 bridgehead atoms. The summed E-state index contributed by atoms with van der Waals surface area (Å²) < 4.78 is 22.9. The molecule has 0 amide bonds. The Kier molecular flexibility index (Phi) is 3.23. The summed E-state index contributed by atoms with van der Waals surface area (Å²) in [6.07, 6.45) is 2.89. The Morgan fingerprint density at radius 3 is 2.29 bits per heavy atom. The largest absolute Gasteiger partial charge is 0.384 e. The van der Waals surface area contributed by atoms with Crippen LogP contribution in [0.15, 0.2) is 24.3 Å².